The summed E-state index contributed by atoms with van der Waals surface area (Å²) in [6.07, 6.45) is 10.9. The molecule has 0 bridgehead atoms. The lowest BCUT2D eigenvalue weighted by Gasteiger charge is -2.17. The Bertz CT molecular complexity index is 1470. The number of benzene rings is 4. The zero-order chi connectivity index (χ0) is 27.4. The second-order valence-corrected chi connectivity index (χ2v) is 11.9. The van der Waals surface area contributed by atoms with E-state index in [-0.39, 0.29) is 9.52 Å². The van der Waals surface area contributed by atoms with Gasteiger partial charge in [0.05, 0.1) is 5.72 Å². The van der Waals surface area contributed by atoms with Crippen molar-refractivity contribution in [3.63, 3.8) is 0 Å². The Morgan fingerprint density at radius 2 is 1.38 bits per heavy atom. The van der Waals surface area contributed by atoms with E-state index in [9.17, 15) is 0 Å². The van der Waals surface area contributed by atoms with Gasteiger partial charge >= 0.3 is 0 Å². The molecule has 0 saturated carbocycles. The van der Waals surface area contributed by atoms with E-state index in [0.29, 0.717) is 5.92 Å². The third kappa shape index (κ3) is 7.71. The van der Waals surface area contributed by atoms with Gasteiger partial charge < -0.3 is 4.57 Å². The van der Waals surface area contributed by atoms with Crippen LogP contribution >= 0.6 is 0 Å². The molecule has 0 atom stereocenters. The minimum absolute atomic E-state index is 0.335. The molecule has 1 heterocycles. The maximum atomic E-state index is 4.72. The van der Waals surface area contributed by atoms with E-state index in [4.69, 9.17) is 4.98 Å². The first-order valence-electron chi connectivity index (χ1n) is 14.2. The van der Waals surface area contributed by atoms with Crippen LogP contribution in [0.2, 0.25) is 6.04 Å². The molecule has 0 unspecified atom stereocenters. The zero-order valence-corrected chi connectivity index (χ0v) is 24.6. The minimum atomic E-state index is -0.335. The molecule has 40 heavy (non-hydrogen) atoms. The normalized spacial score (nSPS) is 12.3. The van der Waals surface area contributed by atoms with E-state index in [0.717, 1.165) is 18.3 Å². The van der Waals surface area contributed by atoms with Crippen molar-refractivity contribution >= 4 is 34.1 Å². The highest BCUT2D eigenvalue weighted by molar-refractivity contribution is 6.73. The molecule has 1 radical (unpaired) electrons. The van der Waals surface area contributed by atoms with E-state index in [1.807, 2.05) is 6.20 Å². The average Bonchev–Trinajstić information content (AvgIpc) is 3.45. The Balaban J connectivity index is 1.23. The fourth-order valence-corrected chi connectivity index (χ4v) is 6.78. The number of rotatable bonds is 12. The van der Waals surface area contributed by atoms with Gasteiger partial charge in [-0.15, -0.1) is 0 Å². The molecule has 0 aliphatic heterocycles. The topological polar surface area (TPSA) is 17.8 Å². The van der Waals surface area contributed by atoms with Crippen molar-refractivity contribution in [2.45, 2.75) is 31.5 Å². The highest BCUT2D eigenvalue weighted by Crippen LogP contribution is 2.29. The molecule has 0 N–H and O–H groups in total. The van der Waals surface area contributed by atoms with E-state index >= 15 is 0 Å². The van der Waals surface area contributed by atoms with Gasteiger partial charge in [-0.25, -0.2) is 0 Å². The number of hydrogen-bond donors (Lipinski definition) is 0. The largest absolute Gasteiger partial charge is 0.347 e. The first-order chi connectivity index (χ1) is 19.8. The summed E-state index contributed by atoms with van der Waals surface area (Å²) in [7, 11) is 1.89. The smallest absolute Gasteiger partial charge is 0.241 e. The number of allylic oxidation sites excluding steroid dienone is 2. The number of nitrogens with zero attached hydrogens (tertiary/aromatic N) is 2. The van der Waals surface area contributed by atoms with Gasteiger partial charge in [-0.2, -0.15) is 0 Å². The van der Waals surface area contributed by atoms with Gasteiger partial charge in [-0.3, -0.25) is 4.98 Å². The van der Waals surface area contributed by atoms with Crippen molar-refractivity contribution in [3.05, 3.63) is 168 Å². The van der Waals surface area contributed by atoms with Crippen molar-refractivity contribution in [3.8, 4) is 0 Å². The maximum absolute atomic E-state index is 4.72. The summed E-state index contributed by atoms with van der Waals surface area (Å²) in [6, 6.07) is 44.1. The first-order valence-corrected chi connectivity index (χ1v) is 16.2. The molecule has 4 aromatic carbocycles. The van der Waals surface area contributed by atoms with Crippen LogP contribution in [0.4, 0.5) is 0 Å². The fourth-order valence-electron chi connectivity index (χ4n) is 5.14. The van der Waals surface area contributed by atoms with E-state index < -0.39 is 0 Å². The van der Waals surface area contributed by atoms with E-state index in [2.05, 4.69) is 158 Å². The molecule has 4 heteroatoms. The molecular formula is C36H36BN2Si. The predicted molar refractivity (Wildman–Crippen MR) is 175 cm³/mol. The van der Waals surface area contributed by atoms with Crippen molar-refractivity contribution < 1.29 is 0 Å². The second-order valence-electron chi connectivity index (χ2n) is 10.3. The highest BCUT2D eigenvalue weighted by atomic mass is 28.2. The van der Waals surface area contributed by atoms with Gasteiger partial charge in [0.1, 0.15) is 0 Å². The summed E-state index contributed by atoms with van der Waals surface area (Å²) in [5, 5.41) is 0. The Morgan fingerprint density at radius 1 is 0.800 bits per heavy atom. The summed E-state index contributed by atoms with van der Waals surface area (Å²) in [4.78, 5) is 4.72. The standard InChI is InChI=1S/C36H36BN2Si/c1-29(22-23-34(31-16-8-3-9-17-31)32-18-10-4-11-19-32)27-40-28-39-25-24-38-36(39)37-35(33-20-12-5-13-21-33)26-30-14-6-2-7-15-30/h2-22,24-26,34H,23,27-28,40H2,1H3. The monoisotopic (exact) mass is 535 g/mol. The molecule has 0 spiro atoms. The van der Waals surface area contributed by atoms with Crippen LogP contribution in [-0.2, 0) is 6.17 Å². The van der Waals surface area contributed by atoms with Gasteiger partial charge in [-0.1, -0.05) is 145 Å². The Morgan fingerprint density at radius 3 is 2.00 bits per heavy atom. The summed E-state index contributed by atoms with van der Waals surface area (Å²) in [5.41, 5.74) is 8.84. The van der Waals surface area contributed by atoms with Crippen molar-refractivity contribution in [1.29, 1.82) is 0 Å². The fraction of sp³-hybridized carbons (Fsp3) is 0.139. The Labute approximate surface area is 242 Å². The van der Waals surface area contributed by atoms with E-state index in [1.54, 1.807) is 0 Å². The highest BCUT2D eigenvalue weighted by Gasteiger charge is 2.13. The van der Waals surface area contributed by atoms with Gasteiger partial charge in [0.2, 0.25) is 7.28 Å². The molecule has 0 aliphatic carbocycles. The van der Waals surface area contributed by atoms with Crippen LogP contribution < -0.4 is 5.72 Å². The molecular weight excluding hydrogens is 499 g/mol. The SMILES string of the molecule is CC(=CCC(c1ccccc1)c1ccccc1)C[SiH2]Cn1ccnc1[B]C(=Cc1ccccc1)c1ccccc1. The molecule has 197 valence electrons. The number of hydrogen-bond acceptors (Lipinski definition) is 1. The lowest BCUT2D eigenvalue weighted by Crippen LogP contribution is -2.29. The molecule has 0 fully saturated rings. The maximum Gasteiger partial charge on any atom is 0.241 e. The lowest BCUT2D eigenvalue weighted by molar-refractivity contribution is 0.823. The minimum Gasteiger partial charge on any atom is -0.347 e. The third-order valence-corrected chi connectivity index (χ3v) is 9.28. The van der Waals surface area contributed by atoms with Crippen LogP contribution in [-0.4, -0.2) is 26.4 Å². The molecule has 0 saturated heterocycles. The Kier molecular flexibility index (Phi) is 9.80. The average molecular weight is 536 g/mol. The van der Waals surface area contributed by atoms with E-state index in [1.165, 1.54) is 39.3 Å². The van der Waals surface area contributed by atoms with Crippen molar-refractivity contribution in [2.24, 2.45) is 0 Å². The van der Waals surface area contributed by atoms with Crippen LogP contribution in [0.15, 0.2) is 145 Å². The van der Waals surface area contributed by atoms with Gasteiger partial charge in [0, 0.05) is 34.0 Å². The summed E-state index contributed by atoms with van der Waals surface area (Å²) in [6.45, 7) is 2.30. The molecule has 0 aliphatic rings. The second kappa shape index (κ2) is 14.3. The van der Waals surface area contributed by atoms with Crippen LogP contribution in [0.3, 0.4) is 0 Å². The summed E-state index contributed by atoms with van der Waals surface area (Å²) in [5.74, 6) is 0.390. The molecule has 0 amide bonds. The van der Waals surface area contributed by atoms with Crippen molar-refractivity contribution in [1.82, 2.24) is 9.55 Å². The number of imidazole rings is 1. The van der Waals surface area contributed by atoms with Crippen LogP contribution in [0.5, 0.6) is 0 Å². The van der Waals surface area contributed by atoms with Crippen LogP contribution in [0, 0.1) is 0 Å². The third-order valence-electron chi connectivity index (χ3n) is 7.34. The molecule has 5 aromatic rings. The molecule has 1 aromatic heterocycles. The van der Waals surface area contributed by atoms with Gasteiger partial charge in [0.15, 0.2) is 0 Å². The quantitative estimate of drug-likeness (QED) is 0.0945. The predicted octanol–water partition coefficient (Wildman–Crippen LogP) is 7.12. The zero-order valence-electron chi connectivity index (χ0n) is 23.2. The molecule has 5 rings (SSSR count). The van der Waals surface area contributed by atoms with Gasteiger partial charge in [-0.05, 0) is 41.6 Å². The lowest BCUT2D eigenvalue weighted by atomic mass is 9.65. The summed E-state index contributed by atoms with van der Waals surface area (Å²) < 4.78 is 2.33. The Hall–Kier alpha value is -4.15. The van der Waals surface area contributed by atoms with Gasteiger partial charge in [0.25, 0.3) is 0 Å². The summed E-state index contributed by atoms with van der Waals surface area (Å²) >= 11 is 0. The van der Waals surface area contributed by atoms with Crippen LogP contribution in [0.1, 0.15) is 41.5 Å². The molecule has 2 nitrogen and oxygen atoms in total. The first kappa shape index (κ1) is 27.4. The van der Waals surface area contributed by atoms with Crippen molar-refractivity contribution in [2.75, 3.05) is 0 Å². The van der Waals surface area contributed by atoms with Crippen LogP contribution in [0.25, 0.3) is 11.5 Å². The number of aromatic nitrogens is 2.